The van der Waals surface area contributed by atoms with E-state index in [4.69, 9.17) is 0 Å². The first-order valence-electron chi connectivity index (χ1n) is 6.47. The summed E-state index contributed by atoms with van der Waals surface area (Å²) in [5.41, 5.74) is 0.350. The third-order valence-electron chi connectivity index (χ3n) is 3.34. The molecule has 1 rings (SSSR count). The molecule has 0 saturated heterocycles. The Morgan fingerprint density at radius 3 is 2.53 bits per heavy atom. The Kier molecular flexibility index (Phi) is 5.63. The van der Waals surface area contributed by atoms with Gasteiger partial charge in [-0.2, -0.15) is 0 Å². The van der Waals surface area contributed by atoms with Gasteiger partial charge in [-0.25, -0.2) is 0 Å². The number of benzene rings is 1. The normalized spacial score (nSPS) is 11.0. The maximum absolute atomic E-state index is 12.1. The van der Waals surface area contributed by atoms with Crippen molar-refractivity contribution < 1.29 is 9.72 Å². The summed E-state index contributed by atoms with van der Waals surface area (Å²) in [5, 5.41) is 10.7. The van der Waals surface area contributed by atoms with Crippen molar-refractivity contribution in [3.63, 3.8) is 0 Å². The molecule has 5 nitrogen and oxygen atoms in total. The molecule has 1 aromatic rings. The molecule has 0 aromatic heterocycles. The minimum Gasteiger partial charge on any atom is -0.296 e. The summed E-state index contributed by atoms with van der Waals surface area (Å²) in [5.74, 6) is -0.0851. The van der Waals surface area contributed by atoms with Gasteiger partial charge in [-0.1, -0.05) is 26.0 Å². The van der Waals surface area contributed by atoms with Crippen molar-refractivity contribution in [2.45, 2.75) is 32.7 Å². The first kappa shape index (κ1) is 15.3. The molecule has 0 fully saturated rings. The number of Topliss-reactive ketones (excluding diaryl/α,β-unsaturated/α-hetero) is 1. The van der Waals surface area contributed by atoms with Gasteiger partial charge in [-0.15, -0.1) is 0 Å². The number of rotatable bonds is 7. The molecule has 0 bridgehead atoms. The van der Waals surface area contributed by atoms with Crippen LogP contribution in [0.2, 0.25) is 0 Å². The summed E-state index contributed by atoms with van der Waals surface area (Å²) >= 11 is 0. The van der Waals surface area contributed by atoms with Crippen molar-refractivity contribution in [1.29, 1.82) is 0 Å². The smallest absolute Gasteiger partial charge is 0.270 e. The van der Waals surface area contributed by atoms with E-state index in [9.17, 15) is 14.9 Å². The maximum Gasteiger partial charge on any atom is 0.270 e. The van der Waals surface area contributed by atoms with Crippen molar-refractivity contribution in [3.05, 3.63) is 39.9 Å². The summed E-state index contributed by atoms with van der Waals surface area (Å²) in [7, 11) is 1.91. The minimum atomic E-state index is -0.485. The number of nitro benzene ring substituents is 1. The van der Waals surface area contributed by atoms with Crippen LogP contribution in [0.5, 0.6) is 0 Å². The molecule has 0 spiro atoms. The van der Waals surface area contributed by atoms with Crippen LogP contribution in [-0.4, -0.2) is 35.2 Å². The Morgan fingerprint density at radius 1 is 1.37 bits per heavy atom. The monoisotopic (exact) mass is 264 g/mol. The molecule has 0 heterocycles. The number of ketones is 1. The van der Waals surface area contributed by atoms with Gasteiger partial charge < -0.3 is 0 Å². The third kappa shape index (κ3) is 4.13. The highest BCUT2D eigenvalue weighted by Crippen LogP contribution is 2.14. The fourth-order valence-electron chi connectivity index (χ4n) is 2.15. The number of nitrogens with zero attached hydrogens (tertiary/aromatic N) is 2. The Hall–Kier alpha value is -1.75. The Morgan fingerprint density at radius 2 is 2.00 bits per heavy atom. The fraction of sp³-hybridized carbons (Fsp3) is 0.500. The lowest BCUT2D eigenvalue weighted by molar-refractivity contribution is -0.384. The fourth-order valence-corrected chi connectivity index (χ4v) is 2.15. The molecule has 0 amide bonds. The highest BCUT2D eigenvalue weighted by atomic mass is 16.6. The molecule has 0 radical (unpaired) electrons. The van der Waals surface area contributed by atoms with E-state index in [0.29, 0.717) is 11.6 Å². The zero-order chi connectivity index (χ0) is 14.4. The Balaban J connectivity index is 2.78. The van der Waals surface area contributed by atoms with Gasteiger partial charge in [0, 0.05) is 23.7 Å². The first-order chi connectivity index (χ1) is 8.99. The van der Waals surface area contributed by atoms with Gasteiger partial charge in [-0.3, -0.25) is 19.8 Å². The second kappa shape index (κ2) is 6.99. The van der Waals surface area contributed by atoms with E-state index in [2.05, 4.69) is 13.8 Å². The zero-order valence-corrected chi connectivity index (χ0v) is 11.6. The highest BCUT2D eigenvalue weighted by molar-refractivity contribution is 5.98. The zero-order valence-electron chi connectivity index (χ0n) is 11.6. The van der Waals surface area contributed by atoms with Gasteiger partial charge >= 0.3 is 0 Å². The minimum absolute atomic E-state index is 0.0453. The van der Waals surface area contributed by atoms with Crippen LogP contribution in [0.4, 0.5) is 5.69 Å². The quantitative estimate of drug-likeness (QED) is 0.431. The number of likely N-dealkylation sites (N-methyl/N-ethyl adjacent to an activating group) is 1. The molecule has 104 valence electrons. The molecule has 0 atom stereocenters. The van der Waals surface area contributed by atoms with E-state index in [1.54, 1.807) is 12.1 Å². The molecule has 0 aliphatic heterocycles. The van der Waals surface area contributed by atoms with Crippen molar-refractivity contribution in [1.82, 2.24) is 4.90 Å². The Bertz CT molecular complexity index is 456. The number of carbonyl (C=O) groups excluding carboxylic acids is 1. The maximum atomic E-state index is 12.1. The molecular weight excluding hydrogens is 244 g/mol. The lowest BCUT2D eigenvalue weighted by Gasteiger charge is -2.25. The summed E-state index contributed by atoms with van der Waals surface area (Å²) < 4.78 is 0. The Labute approximate surface area is 113 Å². The first-order valence-corrected chi connectivity index (χ1v) is 6.47. The number of non-ortho nitro benzene ring substituents is 1. The van der Waals surface area contributed by atoms with Crippen LogP contribution in [-0.2, 0) is 0 Å². The van der Waals surface area contributed by atoms with Gasteiger partial charge in [0.1, 0.15) is 0 Å². The molecule has 19 heavy (non-hydrogen) atoms. The highest BCUT2D eigenvalue weighted by Gasteiger charge is 2.17. The largest absolute Gasteiger partial charge is 0.296 e. The summed E-state index contributed by atoms with van der Waals surface area (Å²) in [6.07, 6.45) is 1.96. The van der Waals surface area contributed by atoms with Gasteiger partial charge in [-0.05, 0) is 19.9 Å². The third-order valence-corrected chi connectivity index (χ3v) is 3.34. The van der Waals surface area contributed by atoms with Gasteiger partial charge in [0.05, 0.1) is 11.5 Å². The average Bonchev–Trinajstić information content (AvgIpc) is 2.40. The molecule has 0 unspecified atom stereocenters. The van der Waals surface area contributed by atoms with Crippen LogP contribution >= 0.6 is 0 Å². The van der Waals surface area contributed by atoms with E-state index in [0.717, 1.165) is 12.8 Å². The number of nitro groups is 1. The number of carbonyl (C=O) groups is 1. The van der Waals surface area contributed by atoms with Gasteiger partial charge in [0.15, 0.2) is 5.78 Å². The lowest BCUT2D eigenvalue weighted by Crippen LogP contribution is -2.35. The standard InChI is InChI=1S/C14H20N2O3/c1-4-12(5-2)15(3)10-14(17)11-7-6-8-13(9-11)16(18)19/h6-9,12H,4-5,10H2,1-3H3. The SMILES string of the molecule is CCC(CC)N(C)CC(=O)c1cccc([N+](=O)[O-])c1. The predicted octanol–water partition coefficient (Wildman–Crippen LogP) is 2.90. The van der Waals surface area contributed by atoms with E-state index < -0.39 is 4.92 Å². The summed E-state index contributed by atoms with van der Waals surface area (Å²) in [6.45, 7) is 4.46. The van der Waals surface area contributed by atoms with Crippen LogP contribution in [0, 0.1) is 10.1 Å². The van der Waals surface area contributed by atoms with Crippen molar-refractivity contribution in [2.24, 2.45) is 0 Å². The van der Waals surface area contributed by atoms with Gasteiger partial charge in [0.2, 0.25) is 0 Å². The molecule has 0 saturated carbocycles. The van der Waals surface area contributed by atoms with Crippen molar-refractivity contribution in [2.75, 3.05) is 13.6 Å². The van der Waals surface area contributed by atoms with E-state index in [-0.39, 0.29) is 18.0 Å². The molecule has 0 aliphatic carbocycles. The van der Waals surface area contributed by atoms with E-state index >= 15 is 0 Å². The van der Waals surface area contributed by atoms with Crippen molar-refractivity contribution >= 4 is 11.5 Å². The number of hydrogen-bond acceptors (Lipinski definition) is 4. The topological polar surface area (TPSA) is 63.5 Å². The van der Waals surface area contributed by atoms with Crippen LogP contribution in [0.3, 0.4) is 0 Å². The number of hydrogen-bond donors (Lipinski definition) is 0. The summed E-state index contributed by atoms with van der Waals surface area (Å²) in [4.78, 5) is 24.3. The van der Waals surface area contributed by atoms with Gasteiger partial charge in [0.25, 0.3) is 5.69 Å². The van der Waals surface area contributed by atoms with Crippen LogP contribution in [0.15, 0.2) is 24.3 Å². The van der Waals surface area contributed by atoms with Crippen molar-refractivity contribution in [3.8, 4) is 0 Å². The predicted molar refractivity (Wildman–Crippen MR) is 74.4 cm³/mol. The van der Waals surface area contributed by atoms with Crippen LogP contribution in [0.25, 0.3) is 0 Å². The average molecular weight is 264 g/mol. The second-order valence-electron chi connectivity index (χ2n) is 4.62. The second-order valence-corrected chi connectivity index (χ2v) is 4.62. The summed E-state index contributed by atoms with van der Waals surface area (Å²) in [6, 6.07) is 6.26. The molecule has 5 heteroatoms. The molecule has 0 aliphatic rings. The van der Waals surface area contributed by atoms with E-state index in [1.807, 2.05) is 11.9 Å². The van der Waals surface area contributed by atoms with E-state index in [1.165, 1.54) is 12.1 Å². The molecule has 0 N–H and O–H groups in total. The lowest BCUT2D eigenvalue weighted by atomic mass is 10.1. The molecular formula is C14H20N2O3. The molecule has 1 aromatic carbocycles. The van der Waals surface area contributed by atoms with Crippen LogP contribution < -0.4 is 0 Å². The van der Waals surface area contributed by atoms with Crippen LogP contribution in [0.1, 0.15) is 37.0 Å².